The summed E-state index contributed by atoms with van der Waals surface area (Å²) in [5.74, 6) is -3.23. The van der Waals surface area contributed by atoms with Crippen LogP contribution in [0.5, 0.6) is 0 Å². The molecule has 0 radical (unpaired) electrons. The summed E-state index contributed by atoms with van der Waals surface area (Å²) in [4.78, 5) is 32.8. The fraction of sp³-hybridized carbons (Fsp3) is 0.653. The number of methoxy groups -OCH3 is 1. The number of allylic oxidation sites excluding steroid dienone is 2. The highest BCUT2D eigenvalue weighted by atomic mass is 19.1. The van der Waals surface area contributed by atoms with E-state index in [1.54, 1.807) is 26.2 Å². The van der Waals surface area contributed by atoms with Gasteiger partial charge in [-0.25, -0.2) is 9.18 Å². The Balaban J connectivity index is 1.21. The predicted octanol–water partition coefficient (Wildman–Crippen LogP) is 7.71. The second-order valence-corrected chi connectivity index (χ2v) is 18.5. The molecule has 5 aliphatic heterocycles. The van der Waals surface area contributed by atoms with E-state index >= 15 is 0 Å². The van der Waals surface area contributed by atoms with E-state index in [4.69, 9.17) is 42.7 Å². The summed E-state index contributed by atoms with van der Waals surface area (Å²) in [5.41, 5.74) is 0.913. The van der Waals surface area contributed by atoms with Crippen molar-refractivity contribution in [2.75, 3.05) is 20.8 Å². The van der Waals surface area contributed by atoms with Gasteiger partial charge in [-0.2, -0.15) is 0 Å². The van der Waals surface area contributed by atoms with E-state index in [9.17, 15) is 19.1 Å². The van der Waals surface area contributed by atoms with Gasteiger partial charge in [-0.3, -0.25) is 4.79 Å². The number of rotatable bonds is 8. The van der Waals surface area contributed by atoms with Gasteiger partial charge in [0.25, 0.3) is 0 Å². The Morgan fingerprint density at radius 3 is 2.56 bits per heavy atom. The molecule has 7 rings (SSSR count). The van der Waals surface area contributed by atoms with E-state index in [1.165, 1.54) is 31.4 Å². The average Bonchev–Trinajstić information content (AvgIpc) is 3.59. The third kappa shape index (κ3) is 9.92. The highest BCUT2D eigenvalue weighted by Crippen LogP contribution is 2.47. The van der Waals surface area contributed by atoms with Crippen LogP contribution in [-0.2, 0) is 47.5 Å². The van der Waals surface area contributed by atoms with Crippen molar-refractivity contribution in [1.29, 1.82) is 0 Å². The molecule has 2 bridgehead atoms. The first-order valence-corrected chi connectivity index (χ1v) is 22.6. The smallest absolute Gasteiger partial charge is 0.338 e. The highest BCUT2D eigenvalue weighted by molar-refractivity contribution is 6.07. The third-order valence-electron chi connectivity index (χ3n) is 14.0. The van der Waals surface area contributed by atoms with Gasteiger partial charge in [-0.15, -0.1) is 0 Å². The van der Waals surface area contributed by atoms with Gasteiger partial charge < -0.3 is 47.8 Å². The fourth-order valence-corrected chi connectivity index (χ4v) is 10.3. The Morgan fingerprint density at radius 1 is 1.08 bits per heavy atom. The lowest BCUT2D eigenvalue weighted by Crippen LogP contribution is -2.57. The molecule has 0 amide bonds. The fourth-order valence-electron chi connectivity index (χ4n) is 10.3. The summed E-state index contributed by atoms with van der Waals surface area (Å²) >= 11 is 0. The van der Waals surface area contributed by atoms with E-state index in [0.717, 1.165) is 18.4 Å². The third-order valence-corrected chi connectivity index (χ3v) is 14.0. The SMILES string of the molecule is CCC(C)[C@H]1OC2(CC[C@@H]1C)C[C@@H]1C[C@@H](C/C=C(\C)[C@@H](O[C@H]3C[C@H](OC)[C@@H](OC(=O)c4ccc(F)cc4)[C@H](C)O3)[C@@H](C)/C=C/C=C3\CO[C@@H]4/C(=N/OC)C(C)=C[C@@H](C(=O)O1)[C@]34O)O2. The summed E-state index contributed by atoms with van der Waals surface area (Å²) in [6.07, 6.45) is 8.54. The van der Waals surface area contributed by atoms with Crippen molar-refractivity contribution in [3.05, 3.63) is 82.7 Å². The predicted molar refractivity (Wildman–Crippen MR) is 231 cm³/mol. The molecular formula is C49H66FNO12. The number of halogens is 1. The molecular weight excluding hydrogens is 814 g/mol. The average molecular weight is 880 g/mol. The van der Waals surface area contributed by atoms with Gasteiger partial charge in [-0.05, 0) is 86.4 Å². The molecule has 4 fully saturated rings. The van der Waals surface area contributed by atoms with Gasteiger partial charge in [0.1, 0.15) is 48.5 Å². The van der Waals surface area contributed by atoms with Crippen molar-refractivity contribution >= 4 is 17.7 Å². The van der Waals surface area contributed by atoms with E-state index in [1.807, 2.05) is 32.9 Å². The van der Waals surface area contributed by atoms with Crippen LogP contribution in [0.2, 0.25) is 0 Å². The Hall–Kier alpha value is -3.76. The number of carbonyl (C=O) groups excluding carboxylic acids is 2. The lowest BCUT2D eigenvalue weighted by atomic mass is 9.71. The Morgan fingerprint density at radius 2 is 1.84 bits per heavy atom. The van der Waals surface area contributed by atoms with Crippen LogP contribution in [0, 0.1) is 29.5 Å². The normalized spacial score (nSPS) is 41.9. The van der Waals surface area contributed by atoms with Crippen LogP contribution in [0.25, 0.3) is 0 Å². The first kappa shape index (κ1) is 47.2. The molecule has 13 nitrogen and oxygen atoms in total. The zero-order chi connectivity index (χ0) is 45.2. The molecule has 1 aromatic carbocycles. The number of ether oxygens (including phenoxy) is 8. The molecule has 1 aliphatic carbocycles. The Bertz CT molecular complexity index is 1960. The van der Waals surface area contributed by atoms with Crippen molar-refractivity contribution in [3.8, 4) is 0 Å². The minimum absolute atomic E-state index is 0.0218. The maximum atomic E-state index is 14.5. The van der Waals surface area contributed by atoms with Crippen LogP contribution in [0.4, 0.5) is 4.39 Å². The summed E-state index contributed by atoms with van der Waals surface area (Å²) < 4.78 is 65.2. The topological polar surface area (TPSA) is 150 Å². The maximum Gasteiger partial charge on any atom is 0.338 e. The van der Waals surface area contributed by atoms with Crippen molar-refractivity contribution in [1.82, 2.24) is 0 Å². The van der Waals surface area contributed by atoms with Crippen LogP contribution in [-0.4, -0.2) is 110 Å². The van der Waals surface area contributed by atoms with Gasteiger partial charge in [0.2, 0.25) is 0 Å². The highest BCUT2D eigenvalue weighted by Gasteiger charge is 2.60. The van der Waals surface area contributed by atoms with E-state index in [2.05, 4.69) is 32.0 Å². The van der Waals surface area contributed by atoms with Gasteiger partial charge in [0.05, 0.1) is 36.6 Å². The number of hydrogen-bond donors (Lipinski definition) is 1. The summed E-state index contributed by atoms with van der Waals surface area (Å²) in [6.45, 7) is 14.3. The monoisotopic (exact) mass is 879 g/mol. The number of nitrogens with zero attached hydrogens (tertiary/aromatic N) is 1. The molecule has 1 aromatic rings. The van der Waals surface area contributed by atoms with Gasteiger partial charge in [0.15, 0.2) is 18.2 Å². The minimum Gasteiger partial charge on any atom is -0.462 e. The number of esters is 2. The molecule has 0 aromatic heterocycles. The molecule has 14 heteroatoms. The van der Waals surface area contributed by atoms with Crippen LogP contribution >= 0.6 is 0 Å². The number of benzene rings is 1. The standard InChI is InChI=1S/C49H66FNO12/c1-10-27(2)43-30(5)20-21-48(63-43)25-37-23-36(62-48)19-14-29(4)42(60-40-24-39(55-8)44(32(7)58-40)61-46(52)33-15-17-35(50)18-16-33)28(3)12-11-13-34-26-57-45-41(51-56-9)31(6)22-38(47(53)59-37)49(34,45)54/h11-18,22,27-28,30,32,36-40,42-45,54H,10,19-21,23-26H2,1-9H3/b12-11+,29-14+,34-13+,51-41+/t27?,28-,30-,32-,36+,37-,38-,39-,40-,42-,43+,44-,45+,48?,49+/m0/s1. The molecule has 6 aliphatic rings. The molecule has 1 N–H and O–H groups in total. The van der Waals surface area contributed by atoms with Crippen molar-refractivity contribution in [2.24, 2.45) is 28.8 Å². The number of oxime groups is 1. The number of fused-ring (bicyclic) bond motifs is 2. The van der Waals surface area contributed by atoms with E-state index < -0.39 is 78.0 Å². The Labute approximate surface area is 370 Å². The quantitative estimate of drug-likeness (QED) is 0.155. The summed E-state index contributed by atoms with van der Waals surface area (Å²) in [7, 11) is 2.99. The molecule has 5 heterocycles. The van der Waals surface area contributed by atoms with Gasteiger partial charge >= 0.3 is 11.9 Å². The number of aliphatic hydroxyl groups is 1. The van der Waals surface area contributed by atoms with Crippen LogP contribution in [0.1, 0.15) is 104 Å². The van der Waals surface area contributed by atoms with Crippen molar-refractivity contribution in [3.63, 3.8) is 0 Å². The second-order valence-electron chi connectivity index (χ2n) is 18.5. The lowest BCUT2D eigenvalue weighted by molar-refractivity contribution is -0.340. The number of carbonyl (C=O) groups is 2. The molecule has 15 atom stereocenters. The first-order chi connectivity index (χ1) is 30.1. The summed E-state index contributed by atoms with van der Waals surface area (Å²) in [5, 5.41) is 17.0. The zero-order valence-electron chi connectivity index (χ0n) is 38.1. The molecule has 2 unspecified atom stereocenters. The van der Waals surface area contributed by atoms with Gasteiger partial charge in [0, 0.05) is 38.7 Å². The van der Waals surface area contributed by atoms with Crippen molar-refractivity contribution in [2.45, 2.75) is 160 Å². The zero-order valence-corrected chi connectivity index (χ0v) is 38.1. The minimum atomic E-state index is -1.80. The van der Waals surface area contributed by atoms with Crippen LogP contribution in [0.3, 0.4) is 0 Å². The molecule has 4 saturated heterocycles. The first-order valence-electron chi connectivity index (χ1n) is 22.6. The van der Waals surface area contributed by atoms with Crippen LogP contribution < -0.4 is 0 Å². The van der Waals surface area contributed by atoms with Gasteiger partial charge in [-0.1, -0.05) is 69.7 Å². The Kier molecular flexibility index (Phi) is 14.8. The lowest BCUT2D eigenvalue weighted by Gasteiger charge is -2.51. The maximum absolute atomic E-state index is 14.5. The largest absolute Gasteiger partial charge is 0.462 e. The summed E-state index contributed by atoms with van der Waals surface area (Å²) in [6, 6.07) is 5.18. The van der Waals surface area contributed by atoms with Crippen molar-refractivity contribution < 1.29 is 61.8 Å². The molecule has 346 valence electrons. The van der Waals surface area contributed by atoms with E-state index in [-0.39, 0.29) is 36.7 Å². The van der Waals surface area contributed by atoms with Crippen LogP contribution in [0.15, 0.2) is 76.5 Å². The molecule has 0 saturated carbocycles. The second kappa shape index (κ2) is 19.8. The number of hydrogen-bond acceptors (Lipinski definition) is 13. The molecule has 1 spiro atoms. The van der Waals surface area contributed by atoms with E-state index in [0.29, 0.717) is 54.4 Å². The molecule has 63 heavy (non-hydrogen) atoms.